The molecule has 0 aliphatic rings. The molecule has 0 aliphatic carbocycles. The van der Waals surface area contributed by atoms with E-state index in [1.807, 2.05) is 19.1 Å². The molecule has 0 saturated heterocycles. The summed E-state index contributed by atoms with van der Waals surface area (Å²) in [6.45, 7) is 2.59. The summed E-state index contributed by atoms with van der Waals surface area (Å²) in [4.78, 5) is 9.66. The Hall–Kier alpha value is -1.26. The Balaban J connectivity index is 2.18. The lowest BCUT2D eigenvalue weighted by atomic mass is 10.2. The number of pyridine rings is 1. The SMILES string of the molecule is Cc1nc(Cc2ccncc2)sc1CN. The third kappa shape index (κ3) is 2.40. The van der Waals surface area contributed by atoms with Crippen LogP contribution in [0, 0.1) is 6.92 Å². The molecule has 2 aromatic heterocycles. The Bertz CT molecular complexity index is 436. The van der Waals surface area contributed by atoms with Gasteiger partial charge in [-0.1, -0.05) is 0 Å². The van der Waals surface area contributed by atoms with Crippen LogP contribution in [-0.2, 0) is 13.0 Å². The molecule has 0 aliphatic heterocycles. The van der Waals surface area contributed by atoms with Gasteiger partial charge in [-0.05, 0) is 24.6 Å². The fourth-order valence-corrected chi connectivity index (χ4v) is 2.41. The molecule has 0 spiro atoms. The molecule has 2 heterocycles. The highest BCUT2D eigenvalue weighted by Crippen LogP contribution is 2.19. The minimum Gasteiger partial charge on any atom is -0.326 e. The normalized spacial score (nSPS) is 10.5. The van der Waals surface area contributed by atoms with Crippen LogP contribution in [0.25, 0.3) is 0 Å². The van der Waals surface area contributed by atoms with Gasteiger partial charge in [0.25, 0.3) is 0 Å². The highest BCUT2D eigenvalue weighted by molar-refractivity contribution is 7.11. The van der Waals surface area contributed by atoms with Crippen LogP contribution in [0.5, 0.6) is 0 Å². The average Bonchev–Trinajstić information content (AvgIpc) is 2.60. The molecule has 0 radical (unpaired) electrons. The summed E-state index contributed by atoms with van der Waals surface area (Å²) in [5.74, 6) is 0. The lowest BCUT2D eigenvalue weighted by Crippen LogP contribution is -1.94. The van der Waals surface area contributed by atoms with Crippen molar-refractivity contribution < 1.29 is 0 Å². The first-order valence-corrected chi connectivity index (χ1v) is 5.65. The van der Waals surface area contributed by atoms with E-state index in [4.69, 9.17) is 5.73 Å². The van der Waals surface area contributed by atoms with Crippen LogP contribution in [-0.4, -0.2) is 9.97 Å². The summed E-state index contributed by atoms with van der Waals surface area (Å²) in [5.41, 5.74) is 7.92. The van der Waals surface area contributed by atoms with E-state index in [9.17, 15) is 0 Å². The van der Waals surface area contributed by atoms with Crippen LogP contribution >= 0.6 is 11.3 Å². The minimum atomic E-state index is 0.583. The van der Waals surface area contributed by atoms with E-state index in [1.165, 1.54) is 10.4 Å². The third-order valence-corrected chi connectivity index (χ3v) is 3.41. The van der Waals surface area contributed by atoms with Gasteiger partial charge in [0, 0.05) is 30.2 Å². The summed E-state index contributed by atoms with van der Waals surface area (Å²) >= 11 is 1.70. The topological polar surface area (TPSA) is 51.8 Å². The average molecular weight is 219 g/mol. The predicted molar refractivity (Wildman–Crippen MR) is 61.8 cm³/mol. The summed E-state index contributed by atoms with van der Waals surface area (Å²) < 4.78 is 0. The highest BCUT2D eigenvalue weighted by atomic mass is 32.1. The maximum absolute atomic E-state index is 5.62. The van der Waals surface area contributed by atoms with Crippen LogP contribution in [0.1, 0.15) is 21.1 Å². The molecule has 2 aromatic rings. The molecule has 4 heteroatoms. The molecule has 78 valence electrons. The van der Waals surface area contributed by atoms with Crippen LogP contribution in [0.2, 0.25) is 0 Å². The van der Waals surface area contributed by atoms with Crippen molar-refractivity contribution in [1.29, 1.82) is 0 Å². The lowest BCUT2D eigenvalue weighted by Gasteiger charge is -1.95. The molecular weight excluding hydrogens is 206 g/mol. The maximum atomic E-state index is 5.62. The molecule has 0 amide bonds. The van der Waals surface area contributed by atoms with Gasteiger partial charge in [-0.3, -0.25) is 4.98 Å². The first kappa shape index (κ1) is 10.3. The van der Waals surface area contributed by atoms with Crippen LogP contribution < -0.4 is 5.73 Å². The van der Waals surface area contributed by atoms with E-state index < -0.39 is 0 Å². The van der Waals surface area contributed by atoms with Gasteiger partial charge < -0.3 is 5.73 Å². The zero-order valence-corrected chi connectivity index (χ0v) is 9.42. The second kappa shape index (κ2) is 4.51. The van der Waals surface area contributed by atoms with E-state index in [-0.39, 0.29) is 0 Å². The number of rotatable bonds is 3. The van der Waals surface area contributed by atoms with Crippen molar-refractivity contribution in [2.75, 3.05) is 0 Å². The second-order valence-corrected chi connectivity index (χ2v) is 4.52. The van der Waals surface area contributed by atoms with Gasteiger partial charge in [0.2, 0.25) is 0 Å². The van der Waals surface area contributed by atoms with Gasteiger partial charge >= 0.3 is 0 Å². The molecule has 3 nitrogen and oxygen atoms in total. The van der Waals surface area contributed by atoms with Crippen LogP contribution in [0.3, 0.4) is 0 Å². The molecular formula is C11H13N3S. The van der Waals surface area contributed by atoms with Crippen molar-refractivity contribution in [2.45, 2.75) is 19.9 Å². The summed E-state index contributed by atoms with van der Waals surface area (Å²) in [6.07, 6.45) is 4.48. The van der Waals surface area contributed by atoms with E-state index in [0.29, 0.717) is 6.54 Å². The van der Waals surface area contributed by atoms with Crippen molar-refractivity contribution in [2.24, 2.45) is 5.73 Å². The monoisotopic (exact) mass is 219 g/mol. The van der Waals surface area contributed by atoms with Gasteiger partial charge in [0.1, 0.15) is 0 Å². The summed E-state index contributed by atoms with van der Waals surface area (Å²) in [6, 6.07) is 4.03. The molecule has 0 saturated carbocycles. The van der Waals surface area contributed by atoms with Gasteiger partial charge in [0.05, 0.1) is 10.7 Å². The van der Waals surface area contributed by atoms with E-state index in [2.05, 4.69) is 9.97 Å². The van der Waals surface area contributed by atoms with Gasteiger partial charge in [0.15, 0.2) is 0 Å². The molecule has 0 atom stereocenters. The molecule has 0 unspecified atom stereocenters. The Morgan fingerprint density at radius 1 is 1.33 bits per heavy atom. The predicted octanol–water partition coefficient (Wildman–Crippen LogP) is 1.90. The molecule has 0 bridgehead atoms. The number of thiazole rings is 1. The van der Waals surface area contributed by atoms with Crippen molar-refractivity contribution in [1.82, 2.24) is 9.97 Å². The molecule has 0 fully saturated rings. The first-order chi connectivity index (χ1) is 7.29. The first-order valence-electron chi connectivity index (χ1n) is 4.83. The molecule has 15 heavy (non-hydrogen) atoms. The Morgan fingerprint density at radius 2 is 2.07 bits per heavy atom. The van der Waals surface area contributed by atoms with Crippen molar-refractivity contribution in [3.8, 4) is 0 Å². The van der Waals surface area contributed by atoms with E-state index in [0.717, 1.165) is 17.1 Å². The number of aryl methyl sites for hydroxylation is 1. The van der Waals surface area contributed by atoms with Crippen LogP contribution in [0.15, 0.2) is 24.5 Å². The molecule has 2 rings (SSSR count). The largest absolute Gasteiger partial charge is 0.326 e. The number of hydrogen-bond acceptors (Lipinski definition) is 4. The number of aromatic nitrogens is 2. The summed E-state index contributed by atoms with van der Waals surface area (Å²) in [5, 5.41) is 1.12. The van der Waals surface area contributed by atoms with Gasteiger partial charge in [-0.25, -0.2) is 4.98 Å². The molecule has 0 aromatic carbocycles. The maximum Gasteiger partial charge on any atom is 0.0975 e. The highest BCUT2D eigenvalue weighted by Gasteiger charge is 2.06. The summed E-state index contributed by atoms with van der Waals surface area (Å²) in [7, 11) is 0. The van der Waals surface area contributed by atoms with Crippen molar-refractivity contribution in [3.05, 3.63) is 45.7 Å². The fourth-order valence-electron chi connectivity index (χ4n) is 1.43. The minimum absolute atomic E-state index is 0.583. The standard InChI is InChI=1S/C11H13N3S/c1-8-10(7-12)15-11(14-8)6-9-2-4-13-5-3-9/h2-5H,6-7,12H2,1H3. The van der Waals surface area contributed by atoms with Crippen LogP contribution in [0.4, 0.5) is 0 Å². The second-order valence-electron chi connectivity index (χ2n) is 3.35. The number of nitrogens with zero attached hydrogens (tertiary/aromatic N) is 2. The van der Waals surface area contributed by atoms with Gasteiger partial charge in [-0.15, -0.1) is 11.3 Å². The fraction of sp³-hybridized carbons (Fsp3) is 0.273. The quantitative estimate of drug-likeness (QED) is 0.857. The van der Waals surface area contributed by atoms with E-state index >= 15 is 0 Å². The lowest BCUT2D eigenvalue weighted by molar-refractivity contribution is 1.04. The Labute approximate surface area is 93.0 Å². The van der Waals surface area contributed by atoms with Gasteiger partial charge in [-0.2, -0.15) is 0 Å². The number of nitrogens with two attached hydrogens (primary N) is 1. The third-order valence-electron chi connectivity index (χ3n) is 2.23. The molecule has 2 N–H and O–H groups in total. The smallest absolute Gasteiger partial charge is 0.0975 e. The van der Waals surface area contributed by atoms with Crippen molar-refractivity contribution in [3.63, 3.8) is 0 Å². The Morgan fingerprint density at radius 3 is 2.67 bits per heavy atom. The zero-order valence-electron chi connectivity index (χ0n) is 8.60. The number of hydrogen-bond donors (Lipinski definition) is 1. The Kier molecular flexibility index (Phi) is 3.08. The van der Waals surface area contributed by atoms with E-state index in [1.54, 1.807) is 23.7 Å². The zero-order chi connectivity index (χ0) is 10.7. The van der Waals surface area contributed by atoms with Crippen molar-refractivity contribution >= 4 is 11.3 Å².